The molecule has 1 aromatic heterocycles. The molecule has 0 spiro atoms. The minimum absolute atomic E-state index is 0.221. The summed E-state index contributed by atoms with van der Waals surface area (Å²) in [5.74, 6) is 0.262. The Morgan fingerprint density at radius 2 is 1.62 bits per heavy atom. The van der Waals surface area contributed by atoms with Gasteiger partial charge in [-0.1, -0.05) is 12.1 Å². The zero-order valence-corrected chi connectivity index (χ0v) is 19.2. The molecule has 2 aromatic rings. The lowest BCUT2D eigenvalue weighted by Crippen LogP contribution is -2.32. The highest BCUT2D eigenvalue weighted by molar-refractivity contribution is 7.92. The van der Waals surface area contributed by atoms with E-state index >= 15 is 0 Å². The van der Waals surface area contributed by atoms with Crippen LogP contribution < -0.4 is 10.6 Å². The maximum absolute atomic E-state index is 13.0. The number of benzene rings is 1. The minimum Gasteiger partial charge on any atom is -0.325 e. The average molecular weight is 476 g/mol. The molecule has 1 fully saturated rings. The normalized spacial score (nSPS) is 19.7. The Morgan fingerprint density at radius 3 is 2.19 bits per heavy atom. The third-order valence-corrected chi connectivity index (χ3v) is 9.42. The lowest BCUT2D eigenvalue weighted by atomic mass is 10.00. The standard InChI is InChI=1S/C21H25N5O4S2/c1-31(27,28)18-6-8-20(9-7-18)32(29,30)19-4-2-16(3-5-19)14-24-21(25-15-22)26-17-10-12-23-13-11-17/h2-5,10-13,18,20H,6-9,14H2,1H3,(H2,23,24,25,26). The van der Waals surface area contributed by atoms with Gasteiger partial charge in [0.2, 0.25) is 5.96 Å². The lowest BCUT2D eigenvalue weighted by Gasteiger charge is -2.27. The van der Waals surface area contributed by atoms with Gasteiger partial charge in [-0.25, -0.2) is 21.8 Å². The number of anilines is 1. The molecule has 0 saturated heterocycles. The maximum Gasteiger partial charge on any atom is 0.209 e. The molecule has 1 heterocycles. The topological polar surface area (TPSA) is 141 Å². The first kappa shape index (κ1) is 23.7. The first-order chi connectivity index (χ1) is 15.2. The van der Waals surface area contributed by atoms with Crippen molar-refractivity contribution >= 4 is 31.3 Å². The summed E-state index contributed by atoms with van der Waals surface area (Å²) in [4.78, 5) is 8.48. The van der Waals surface area contributed by atoms with Crippen LogP contribution in [0.2, 0.25) is 0 Å². The van der Waals surface area contributed by atoms with E-state index in [4.69, 9.17) is 5.26 Å². The van der Waals surface area contributed by atoms with Gasteiger partial charge >= 0.3 is 0 Å². The first-order valence-electron chi connectivity index (χ1n) is 10.1. The van der Waals surface area contributed by atoms with Crippen LogP contribution in [0.4, 0.5) is 5.69 Å². The number of aliphatic imine (C=N–C) groups is 1. The molecule has 0 atom stereocenters. The van der Waals surface area contributed by atoms with E-state index in [1.807, 2.05) is 6.19 Å². The van der Waals surface area contributed by atoms with Crippen LogP contribution in [0.5, 0.6) is 0 Å². The van der Waals surface area contributed by atoms with Crippen molar-refractivity contribution in [2.75, 3.05) is 11.6 Å². The van der Waals surface area contributed by atoms with Crippen LogP contribution in [-0.2, 0) is 26.2 Å². The van der Waals surface area contributed by atoms with Gasteiger partial charge in [-0.3, -0.25) is 10.3 Å². The fraction of sp³-hybridized carbons (Fsp3) is 0.381. The van der Waals surface area contributed by atoms with Gasteiger partial charge in [0.15, 0.2) is 16.0 Å². The summed E-state index contributed by atoms with van der Waals surface area (Å²) in [6, 6.07) is 9.95. The van der Waals surface area contributed by atoms with Crippen LogP contribution in [-0.4, -0.2) is 44.5 Å². The van der Waals surface area contributed by atoms with E-state index in [1.54, 1.807) is 48.8 Å². The van der Waals surface area contributed by atoms with Crippen molar-refractivity contribution in [1.29, 1.82) is 5.26 Å². The van der Waals surface area contributed by atoms with E-state index in [0.717, 1.165) is 5.56 Å². The van der Waals surface area contributed by atoms with Crippen LogP contribution in [0, 0.1) is 11.5 Å². The zero-order chi connectivity index (χ0) is 23.2. The number of nitrogens with zero attached hydrogens (tertiary/aromatic N) is 3. The van der Waals surface area contributed by atoms with Crippen LogP contribution in [0.1, 0.15) is 31.2 Å². The molecule has 0 radical (unpaired) electrons. The van der Waals surface area contributed by atoms with E-state index in [9.17, 15) is 16.8 Å². The highest BCUT2D eigenvalue weighted by atomic mass is 32.2. The molecule has 170 valence electrons. The van der Waals surface area contributed by atoms with Crippen molar-refractivity contribution in [3.63, 3.8) is 0 Å². The van der Waals surface area contributed by atoms with Crippen LogP contribution in [0.25, 0.3) is 0 Å². The Morgan fingerprint density at radius 1 is 1.03 bits per heavy atom. The molecule has 1 saturated carbocycles. The molecular weight excluding hydrogens is 450 g/mol. The summed E-state index contributed by atoms with van der Waals surface area (Å²) in [7, 11) is -6.68. The third kappa shape index (κ3) is 6.05. The minimum atomic E-state index is -3.53. The van der Waals surface area contributed by atoms with Crippen molar-refractivity contribution in [2.45, 2.75) is 47.6 Å². The first-order valence-corrected chi connectivity index (χ1v) is 13.6. The Balaban J connectivity index is 1.66. The van der Waals surface area contributed by atoms with Crippen LogP contribution >= 0.6 is 0 Å². The van der Waals surface area contributed by atoms with E-state index in [0.29, 0.717) is 31.4 Å². The zero-order valence-electron chi connectivity index (χ0n) is 17.6. The molecule has 0 bridgehead atoms. The Kier molecular flexibility index (Phi) is 7.48. The predicted molar refractivity (Wildman–Crippen MR) is 122 cm³/mol. The second kappa shape index (κ2) is 10.1. The molecule has 1 aromatic carbocycles. The number of sulfone groups is 2. The largest absolute Gasteiger partial charge is 0.325 e. The number of nitriles is 1. The van der Waals surface area contributed by atoms with Crippen molar-refractivity contribution in [3.8, 4) is 6.19 Å². The summed E-state index contributed by atoms with van der Waals surface area (Å²) in [6.45, 7) is 0.238. The number of hydrogen-bond donors (Lipinski definition) is 2. The highest BCUT2D eigenvalue weighted by Crippen LogP contribution is 2.31. The Labute approximate surface area is 188 Å². The third-order valence-electron chi connectivity index (χ3n) is 5.45. The molecule has 0 aliphatic heterocycles. The number of hydrogen-bond acceptors (Lipinski definition) is 7. The van der Waals surface area contributed by atoms with Crippen LogP contribution in [0.3, 0.4) is 0 Å². The van der Waals surface area contributed by atoms with Crippen molar-refractivity contribution in [3.05, 3.63) is 54.4 Å². The fourth-order valence-corrected chi connectivity index (χ4v) is 6.57. The SMILES string of the molecule is CS(=O)(=O)C1CCC(S(=O)(=O)c2ccc(CN=C(NC#N)Nc3ccncc3)cc2)CC1. The molecule has 1 aliphatic rings. The van der Waals surface area contributed by atoms with Gasteiger partial charge in [-0.2, -0.15) is 5.26 Å². The van der Waals surface area contributed by atoms with E-state index in [-0.39, 0.29) is 17.4 Å². The molecular formula is C21H25N5O4S2. The monoisotopic (exact) mass is 475 g/mol. The predicted octanol–water partition coefficient (Wildman–Crippen LogP) is 2.25. The van der Waals surface area contributed by atoms with E-state index in [1.165, 1.54) is 6.26 Å². The summed E-state index contributed by atoms with van der Waals surface area (Å²) in [5, 5.41) is 13.4. The van der Waals surface area contributed by atoms with Gasteiger partial charge in [0.25, 0.3) is 0 Å². The van der Waals surface area contributed by atoms with Crippen molar-refractivity contribution in [2.24, 2.45) is 4.99 Å². The molecule has 2 N–H and O–H groups in total. The van der Waals surface area contributed by atoms with Gasteiger partial charge in [0.05, 0.1) is 21.9 Å². The summed E-state index contributed by atoms with van der Waals surface area (Å²) in [6.07, 6.45) is 7.68. The van der Waals surface area contributed by atoms with E-state index < -0.39 is 30.2 Å². The maximum atomic E-state index is 13.0. The summed E-state index contributed by atoms with van der Waals surface area (Å²) in [5.41, 5.74) is 1.49. The van der Waals surface area contributed by atoms with Crippen molar-refractivity contribution in [1.82, 2.24) is 10.3 Å². The average Bonchev–Trinajstić information content (AvgIpc) is 2.78. The van der Waals surface area contributed by atoms with Gasteiger partial charge in [0, 0.05) is 24.3 Å². The van der Waals surface area contributed by atoms with Crippen LogP contribution in [0.15, 0.2) is 58.7 Å². The molecule has 0 unspecified atom stereocenters. The molecule has 32 heavy (non-hydrogen) atoms. The Bertz CT molecular complexity index is 1200. The number of guanidine groups is 1. The second-order valence-electron chi connectivity index (χ2n) is 7.68. The highest BCUT2D eigenvalue weighted by Gasteiger charge is 2.35. The quantitative estimate of drug-likeness (QED) is 0.280. The summed E-state index contributed by atoms with van der Waals surface area (Å²) >= 11 is 0. The molecule has 3 rings (SSSR count). The molecule has 1 aliphatic carbocycles. The number of aromatic nitrogens is 1. The van der Waals surface area contributed by atoms with Gasteiger partial charge < -0.3 is 5.32 Å². The fourth-order valence-electron chi connectivity index (χ4n) is 3.65. The second-order valence-corrected chi connectivity index (χ2v) is 12.2. The van der Waals surface area contributed by atoms with Crippen molar-refractivity contribution < 1.29 is 16.8 Å². The molecule has 11 heteroatoms. The van der Waals surface area contributed by atoms with Gasteiger partial charge in [-0.05, 0) is 55.5 Å². The van der Waals surface area contributed by atoms with Gasteiger partial charge in [-0.15, -0.1) is 0 Å². The van der Waals surface area contributed by atoms with E-state index in [2.05, 4.69) is 20.6 Å². The van der Waals surface area contributed by atoms with Gasteiger partial charge in [0.1, 0.15) is 9.84 Å². The number of rotatable bonds is 6. The molecule has 9 nitrogen and oxygen atoms in total. The Hall–Kier alpha value is -2.97. The number of pyridine rings is 1. The number of nitrogens with one attached hydrogen (secondary N) is 2. The molecule has 0 amide bonds. The lowest BCUT2D eigenvalue weighted by molar-refractivity contribution is 0.472. The smallest absolute Gasteiger partial charge is 0.209 e. The summed E-state index contributed by atoms with van der Waals surface area (Å²) < 4.78 is 49.4.